The van der Waals surface area contributed by atoms with Gasteiger partial charge in [0.15, 0.2) is 0 Å². The van der Waals surface area contributed by atoms with E-state index in [0.717, 1.165) is 18.4 Å². The fourth-order valence-electron chi connectivity index (χ4n) is 0.707. The van der Waals surface area contributed by atoms with E-state index in [9.17, 15) is 0 Å². The molecule has 2 nitrogen and oxygen atoms in total. The van der Waals surface area contributed by atoms with Crippen LogP contribution in [0.5, 0.6) is 0 Å². The van der Waals surface area contributed by atoms with Crippen molar-refractivity contribution in [2.75, 3.05) is 13.7 Å². The summed E-state index contributed by atoms with van der Waals surface area (Å²) in [6.07, 6.45) is 7.08. The molecule has 0 heterocycles. The number of hydrogen-bond acceptors (Lipinski definition) is 2. The van der Waals surface area contributed by atoms with Crippen LogP contribution in [0.3, 0.4) is 0 Å². The lowest BCUT2D eigenvalue weighted by molar-refractivity contribution is 0.289. The van der Waals surface area contributed by atoms with Crippen molar-refractivity contribution in [3.8, 4) is 0 Å². The molecule has 62 valence electrons. The Hall–Kier alpha value is -0.890. The van der Waals surface area contributed by atoms with Crippen LogP contribution in [-0.2, 0) is 0 Å². The highest BCUT2D eigenvalue weighted by Gasteiger charge is 1.88. The highest BCUT2D eigenvalue weighted by molar-refractivity contribution is 5.72. The van der Waals surface area contributed by atoms with Crippen LogP contribution in [0.25, 0.3) is 0 Å². The molecule has 0 bridgehead atoms. The molecule has 0 aromatic rings. The quantitative estimate of drug-likeness (QED) is 0.472. The number of rotatable bonds is 5. The first-order valence-corrected chi connectivity index (χ1v) is 3.69. The third-order valence-corrected chi connectivity index (χ3v) is 1.32. The van der Waals surface area contributed by atoms with Gasteiger partial charge in [-0.05, 0) is 24.5 Å². The van der Waals surface area contributed by atoms with Crippen LogP contribution in [0, 0.1) is 0 Å². The Morgan fingerprint density at radius 2 is 2.36 bits per heavy atom. The maximum Gasteiger partial charge on any atom is 0.0434 e. The number of allylic oxidation sites excluding steroid dienone is 3. The predicted molar refractivity (Wildman–Crippen MR) is 49.0 cm³/mol. The number of nitrogens with zero attached hydrogens (tertiary/aromatic N) is 1. The van der Waals surface area contributed by atoms with Crippen LogP contribution in [0.1, 0.15) is 12.8 Å². The lowest BCUT2D eigenvalue weighted by Crippen LogP contribution is -1.85. The highest BCUT2D eigenvalue weighted by Crippen LogP contribution is 2.03. The Bertz CT molecular complexity index is 159. The number of aliphatic hydroxyl groups excluding tert-OH is 1. The summed E-state index contributed by atoms with van der Waals surface area (Å²) in [6, 6.07) is 0. The number of aliphatic imine (C=N–C) groups is 1. The molecule has 0 amide bonds. The minimum absolute atomic E-state index is 0.231. The molecule has 0 aromatic heterocycles. The second kappa shape index (κ2) is 7.22. The first-order valence-electron chi connectivity index (χ1n) is 3.69. The summed E-state index contributed by atoms with van der Waals surface area (Å²) in [5.74, 6) is 0. The van der Waals surface area contributed by atoms with Crippen LogP contribution in [0.15, 0.2) is 29.3 Å². The van der Waals surface area contributed by atoms with E-state index in [-0.39, 0.29) is 6.61 Å². The van der Waals surface area contributed by atoms with Gasteiger partial charge >= 0.3 is 0 Å². The van der Waals surface area contributed by atoms with Gasteiger partial charge in [0.1, 0.15) is 0 Å². The molecule has 0 unspecified atom stereocenters. The molecule has 11 heavy (non-hydrogen) atoms. The van der Waals surface area contributed by atoms with Crippen LogP contribution < -0.4 is 0 Å². The third kappa shape index (κ3) is 5.55. The summed E-state index contributed by atoms with van der Waals surface area (Å²) in [7, 11) is 1.73. The van der Waals surface area contributed by atoms with Crippen LogP contribution in [-0.4, -0.2) is 25.0 Å². The molecule has 0 aliphatic carbocycles. The molecule has 0 aliphatic rings. The maximum absolute atomic E-state index is 8.54. The molecule has 0 aliphatic heterocycles. The van der Waals surface area contributed by atoms with Crippen molar-refractivity contribution in [3.05, 3.63) is 24.3 Å². The molecule has 0 saturated heterocycles. The van der Waals surface area contributed by atoms with Crippen molar-refractivity contribution in [1.29, 1.82) is 0 Å². The van der Waals surface area contributed by atoms with E-state index < -0.39 is 0 Å². The van der Waals surface area contributed by atoms with Gasteiger partial charge in [-0.15, -0.1) is 0 Å². The normalized spacial score (nSPS) is 12.4. The van der Waals surface area contributed by atoms with E-state index in [1.165, 1.54) is 0 Å². The van der Waals surface area contributed by atoms with Crippen molar-refractivity contribution < 1.29 is 5.11 Å². The van der Waals surface area contributed by atoms with Crippen molar-refractivity contribution in [2.24, 2.45) is 4.99 Å². The first kappa shape index (κ1) is 10.1. The van der Waals surface area contributed by atoms with Gasteiger partial charge in [0.05, 0.1) is 0 Å². The largest absolute Gasteiger partial charge is 0.396 e. The molecule has 0 aromatic carbocycles. The molecule has 0 rings (SSSR count). The molecule has 0 radical (unpaired) electrons. The molecule has 0 spiro atoms. The topological polar surface area (TPSA) is 32.6 Å². The number of hydrogen-bond donors (Lipinski definition) is 1. The smallest absolute Gasteiger partial charge is 0.0434 e. The fourth-order valence-corrected chi connectivity index (χ4v) is 0.707. The van der Waals surface area contributed by atoms with Crippen molar-refractivity contribution >= 4 is 6.21 Å². The summed E-state index contributed by atoms with van der Waals surface area (Å²) in [5, 5.41) is 8.54. The average molecular weight is 153 g/mol. The van der Waals surface area contributed by atoms with Gasteiger partial charge in [-0.3, -0.25) is 4.99 Å². The SMILES string of the molecule is C=C/C(=C\C=NC)CCCO. The van der Waals surface area contributed by atoms with Gasteiger partial charge in [0.25, 0.3) is 0 Å². The average Bonchev–Trinajstić information content (AvgIpc) is 2.05. The van der Waals surface area contributed by atoms with Gasteiger partial charge < -0.3 is 5.11 Å². The molecular weight excluding hydrogens is 138 g/mol. The Kier molecular flexibility index (Phi) is 6.64. The minimum Gasteiger partial charge on any atom is -0.396 e. The molecule has 0 fully saturated rings. The van der Waals surface area contributed by atoms with Crippen LogP contribution in [0.2, 0.25) is 0 Å². The minimum atomic E-state index is 0.231. The summed E-state index contributed by atoms with van der Waals surface area (Å²) >= 11 is 0. The van der Waals surface area contributed by atoms with Crippen molar-refractivity contribution in [2.45, 2.75) is 12.8 Å². The van der Waals surface area contributed by atoms with Crippen LogP contribution in [0.4, 0.5) is 0 Å². The van der Waals surface area contributed by atoms with E-state index in [1.54, 1.807) is 19.3 Å². The van der Waals surface area contributed by atoms with Gasteiger partial charge in [-0.1, -0.05) is 12.7 Å². The Balaban J connectivity index is 3.83. The Labute approximate surface area is 68.0 Å². The zero-order valence-electron chi connectivity index (χ0n) is 6.95. The Morgan fingerprint density at radius 3 is 2.82 bits per heavy atom. The zero-order chi connectivity index (χ0) is 8.53. The molecule has 2 heteroatoms. The van der Waals surface area contributed by atoms with Gasteiger partial charge in [0.2, 0.25) is 0 Å². The van der Waals surface area contributed by atoms with E-state index in [2.05, 4.69) is 11.6 Å². The van der Waals surface area contributed by atoms with Crippen molar-refractivity contribution in [3.63, 3.8) is 0 Å². The predicted octanol–water partition coefficient (Wildman–Crippen LogP) is 1.57. The van der Waals surface area contributed by atoms with Gasteiger partial charge in [-0.25, -0.2) is 0 Å². The molecule has 0 atom stereocenters. The van der Waals surface area contributed by atoms with E-state index in [1.807, 2.05) is 6.08 Å². The lowest BCUT2D eigenvalue weighted by atomic mass is 10.1. The maximum atomic E-state index is 8.54. The monoisotopic (exact) mass is 153 g/mol. The molecular formula is C9H15NO. The van der Waals surface area contributed by atoms with Crippen molar-refractivity contribution in [1.82, 2.24) is 0 Å². The number of aliphatic hydroxyl groups is 1. The first-order chi connectivity index (χ1) is 5.35. The summed E-state index contributed by atoms with van der Waals surface area (Å²) in [4.78, 5) is 3.82. The Morgan fingerprint density at radius 1 is 1.64 bits per heavy atom. The van der Waals surface area contributed by atoms with E-state index in [4.69, 9.17) is 5.11 Å². The van der Waals surface area contributed by atoms with E-state index in [0.29, 0.717) is 0 Å². The second-order valence-electron chi connectivity index (χ2n) is 2.18. The second-order valence-corrected chi connectivity index (χ2v) is 2.18. The van der Waals surface area contributed by atoms with Gasteiger partial charge in [0, 0.05) is 19.9 Å². The molecule has 1 N–H and O–H groups in total. The highest BCUT2D eigenvalue weighted by atomic mass is 16.2. The lowest BCUT2D eigenvalue weighted by Gasteiger charge is -1.96. The summed E-state index contributed by atoms with van der Waals surface area (Å²) < 4.78 is 0. The third-order valence-electron chi connectivity index (χ3n) is 1.32. The molecule has 0 saturated carbocycles. The summed E-state index contributed by atoms with van der Waals surface area (Å²) in [6.45, 7) is 3.89. The van der Waals surface area contributed by atoms with Crippen LogP contribution >= 0.6 is 0 Å². The standard InChI is InChI=1S/C9H15NO/c1-3-9(5-4-8-11)6-7-10-2/h3,6-7,11H,1,4-5,8H2,2H3/b9-6+,10-7?. The zero-order valence-corrected chi connectivity index (χ0v) is 6.95. The fraction of sp³-hybridized carbons (Fsp3) is 0.444. The van der Waals surface area contributed by atoms with E-state index >= 15 is 0 Å². The van der Waals surface area contributed by atoms with Gasteiger partial charge in [-0.2, -0.15) is 0 Å². The summed E-state index contributed by atoms with van der Waals surface area (Å²) in [5.41, 5.74) is 1.12.